The zero-order valence-corrected chi connectivity index (χ0v) is 13.5. The van der Waals surface area contributed by atoms with Gasteiger partial charge in [0.1, 0.15) is 11.6 Å². The Morgan fingerprint density at radius 3 is 2.90 bits per heavy atom. The Morgan fingerprint density at radius 1 is 1.33 bits per heavy atom. The van der Waals surface area contributed by atoms with Crippen LogP contribution in [0.2, 0.25) is 0 Å². The number of rotatable bonds is 6. The molecule has 0 amide bonds. The Morgan fingerprint density at radius 2 is 2.14 bits per heavy atom. The second kappa shape index (κ2) is 7.47. The van der Waals surface area contributed by atoms with Gasteiger partial charge in [-0.25, -0.2) is 9.37 Å². The van der Waals surface area contributed by atoms with Gasteiger partial charge < -0.3 is 10.1 Å². The maximum Gasteiger partial charge on any atom is 0.238 e. The van der Waals surface area contributed by atoms with E-state index < -0.39 is 0 Å². The van der Waals surface area contributed by atoms with Crippen molar-refractivity contribution in [2.45, 2.75) is 20.4 Å². The molecule has 6 heteroatoms. The second-order valence-electron chi connectivity index (χ2n) is 5.05. The van der Waals surface area contributed by atoms with Crippen LogP contribution in [0.15, 0.2) is 35.1 Å². The summed E-state index contributed by atoms with van der Waals surface area (Å²) in [5.74, 6) is 0.915. The van der Waals surface area contributed by atoms with Gasteiger partial charge >= 0.3 is 0 Å². The van der Waals surface area contributed by atoms with Crippen molar-refractivity contribution in [2.75, 3.05) is 6.54 Å². The van der Waals surface area contributed by atoms with Gasteiger partial charge in [-0.1, -0.05) is 13.8 Å². The highest BCUT2D eigenvalue weighted by atomic mass is 79.9. The van der Waals surface area contributed by atoms with Crippen molar-refractivity contribution >= 4 is 15.9 Å². The van der Waals surface area contributed by atoms with Crippen molar-refractivity contribution in [2.24, 2.45) is 5.92 Å². The zero-order chi connectivity index (χ0) is 15.2. The van der Waals surface area contributed by atoms with Crippen LogP contribution >= 0.6 is 15.9 Å². The number of hydrogen-bond acceptors (Lipinski definition) is 4. The Labute approximate surface area is 131 Å². The molecule has 0 unspecified atom stereocenters. The van der Waals surface area contributed by atoms with Crippen LogP contribution < -0.4 is 10.1 Å². The summed E-state index contributed by atoms with van der Waals surface area (Å²) in [7, 11) is 0. The average molecular weight is 354 g/mol. The summed E-state index contributed by atoms with van der Waals surface area (Å²) < 4.78 is 19.5. The monoisotopic (exact) mass is 353 g/mol. The summed E-state index contributed by atoms with van der Waals surface area (Å²) in [5, 5.41) is 3.29. The molecule has 0 saturated carbocycles. The fourth-order valence-electron chi connectivity index (χ4n) is 1.68. The SMILES string of the molecule is CC(C)CNCc1cncc(Oc2cc(F)ccc2Br)n1. The summed E-state index contributed by atoms with van der Waals surface area (Å²) in [6, 6.07) is 4.25. The number of benzene rings is 1. The van der Waals surface area contributed by atoms with Crippen molar-refractivity contribution in [3.8, 4) is 11.6 Å². The highest BCUT2D eigenvalue weighted by Gasteiger charge is 2.07. The summed E-state index contributed by atoms with van der Waals surface area (Å²) >= 11 is 3.31. The molecule has 21 heavy (non-hydrogen) atoms. The number of aromatic nitrogens is 2. The van der Waals surface area contributed by atoms with Crippen LogP contribution in [0.5, 0.6) is 11.6 Å². The molecule has 0 bridgehead atoms. The second-order valence-corrected chi connectivity index (χ2v) is 5.90. The van der Waals surface area contributed by atoms with E-state index in [1.807, 2.05) is 0 Å². The summed E-state index contributed by atoms with van der Waals surface area (Å²) in [6.07, 6.45) is 3.18. The first-order valence-corrected chi connectivity index (χ1v) is 7.48. The maximum atomic E-state index is 13.2. The van der Waals surface area contributed by atoms with Crippen LogP contribution in [-0.4, -0.2) is 16.5 Å². The predicted molar refractivity (Wildman–Crippen MR) is 82.8 cm³/mol. The largest absolute Gasteiger partial charge is 0.436 e. The third-order valence-electron chi connectivity index (χ3n) is 2.63. The molecule has 1 aromatic carbocycles. The fraction of sp³-hybridized carbons (Fsp3) is 0.333. The lowest BCUT2D eigenvalue weighted by molar-refractivity contribution is 0.448. The van der Waals surface area contributed by atoms with Gasteiger partial charge in [0.25, 0.3) is 0 Å². The van der Waals surface area contributed by atoms with Gasteiger partial charge in [0.15, 0.2) is 0 Å². The lowest BCUT2D eigenvalue weighted by atomic mass is 10.2. The molecule has 0 fully saturated rings. The third-order valence-corrected chi connectivity index (χ3v) is 3.28. The van der Waals surface area contributed by atoms with E-state index in [1.54, 1.807) is 12.3 Å². The molecule has 1 aromatic heterocycles. The Hall–Kier alpha value is -1.53. The van der Waals surface area contributed by atoms with E-state index in [-0.39, 0.29) is 5.82 Å². The standard InChI is InChI=1S/C15H17BrFN3O/c1-10(2)6-18-7-12-8-19-9-15(20-12)21-14-5-11(17)3-4-13(14)16/h3-5,8-10,18H,6-7H2,1-2H3. The van der Waals surface area contributed by atoms with Gasteiger partial charge in [-0.2, -0.15) is 0 Å². The quantitative estimate of drug-likeness (QED) is 0.854. The van der Waals surface area contributed by atoms with Crippen molar-refractivity contribution in [1.82, 2.24) is 15.3 Å². The van der Waals surface area contributed by atoms with Crippen LogP contribution in [0.25, 0.3) is 0 Å². The van der Waals surface area contributed by atoms with Crippen LogP contribution in [0.4, 0.5) is 4.39 Å². The number of ether oxygens (including phenoxy) is 1. The van der Waals surface area contributed by atoms with Crippen molar-refractivity contribution < 1.29 is 9.13 Å². The van der Waals surface area contributed by atoms with Crippen molar-refractivity contribution in [3.05, 3.63) is 46.6 Å². The molecule has 2 aromatic rings. The normalized spacial score (nSPS) is 10.9. The molecule has 112 valence electrons. The van der Waals surface area contributed by atoms with Gasteiger partial charge in [0, 0.05) is 18.8 Å². The number of nitrogens with one attached hydrogen (secondary N) is 1. The van der Waals surface area contributed by atoms with Crippen LogP contribution in [-0.2, 0) is 6.54 Å². The molecular weight excluding hydrogens is 337 g/mol. The minimum absolute atomic E-state index is 0.338. The van der Waals surface area contributed by atoms with E-state index >= 15 is 0 Å². The average Bonchev–Trinajstić information content (AvgIpc) is 2.43. The highest BCUT2D eigenvalue weighted by molar-refractivity contribution is 9.10. The Balaban J connectivity index is 2.05. The first-order chi connectivity index (χ1) is 10.0. The van der Waals surface area contributed by atoms with Crippen LogP contribution in [0.3, 0.4) is 0 Å². The van der Waals surface area contributed by atoms with Gasteiger partial charge in [0.05, 0.1) is 16.4 Å². The number of nitrogens with zero attached hydrogens (tertiary/aromatic N) is 2. The molecule has 4 nitrogen and oxygen atoms in total. The van der Waals surface area contributed by atoms with Gasteiger partial charge in [-0.05, 0) is 40.5 Å². The van der Waals surface area contributed by atoms with E-state index in [0.29, 0.717) is 28.6 Å². The van der Waals surface area contributed by atoms with Gasteiger partial charge in [0.2, 0.25) is 5.88 Å². The summed E-state index contributed by atoms with van der Waals surface area (Å²) in [5.41, 5.74) is 0.778. The number of hydrogen-bond donors (Lipinski definition) is 1. The molecule has 1 heterocycles. The van der Waals surface area contributed by atoms with E-state index in [9.17, 15) is 4.39 Å². The van der Waals surface area contributed by atoms with Gasteiger partial charge in [-0.15, -0.1) is 0 Å². The topological polar surface area (TPSA) is 47.0 Å². The summed E-state index contributed by atoms with van der Waals surface area (Å²) in [4.78, 5) is 8.44. The number of halogens is 2. The minimum atomic E-state index is -0.365. The van der Waals surface area contributed by atoms with E-state index in [1.165, 1.54) is 18.3 Å². The fourth-order valence-corrected chi connectivity index (χ4v) is 2.01. The Bertz CT molecular complexity index is 607. The molecule has 0 atom stereocenters. The summed E-state index contributed by atoms with van der Waals surface area (Å²) in [6.45, 7) is 5.80. The van der Waals surface area contributed by atoms with Crippen molar-refractivity contribution in [1.29, 1.82) is 0 Å². The molecule has 0 aliphatic rings. The minimum Gasteiger partial charge on any atom is -0.436 e. The molecule has 0 aliphatic heterocycles. The maximum absolute atomic E-state index is 13.2. The molecule has 1 N–H and O–H groups in total. The predicted octanol–water partition coefficient (Wildman–Crippen LogP) is 3.92. The zero-order valence-electron chi connectivity index (χ0n) is 11.9. The molecule has 0 spiro atoms. The first kappa shape index (κ1) is 15.9. The highest BCUT2D eigenvalue weighted by Crippen LogP contribution is 2.29. The molecule has 0 radical (unpaired) electrons. The smallest absolute Gasteiger partial charge is 0.238 e. The van der Waals surface area contributed by atoms with Crippen LogP contribution in [0.1, 0.15) is 19.5 Å². The lowest BCUT2D eigenvalue weighted by Crippen LogP contribution is -2.19. The van der Waals surface area contributed by atoms with Crippen molar-refractivity contribution in [3.63, 3.8) is 0 Å². The lowest BCUT2D eigenvalue weighted by Gasteiger charge is -2.09. The van der Waals surface area contributed by atoms with E-state index in [0.717, 1.165) is 12.2 Å². The third kappa shape index (κ3) is 5.06. The Kier molecular flexibility index (Phi) is 5.64. The van der Waals surface area contributed by atoms with E-state index in [4.69, 9.17) is 4.74 Å². The van der Waals surface area contributed by atoms with Gasteiger partial charge in [-0.3, -0.25) is 4.98 Å². The first-order valence-electron chi connectivity index (χ1n) is 6.69. The van der Waals surface area contributed by atoms with E-state index in [2.05, 4.69) is 45.1 Å². The molecule has 0 saturated heterocycles. The molecule has 2 rings (SSSR count). The molecular formula is C15H17BrFN3O. The molecule has 0 aliphatic carbocycles. The van der Waals surface area contributed by atoms with Crippen LogP contribution in [0, 0.1) is 11.7 Å².